The van der Waals surface area contributed by atoms with Gasteiger partial charge in [-0.2, -0.15) is 0 Å². The molecule has 0 spiro atoms. The molecule has 0 saturated heterocycles. The fourth-order valence-electron chi connectivity index (χ4n) is 2.19. The van der Waals surface area contributed by atoms with Gasteiger partial charge in [-0.15, -0.1) is 11.3 Å². The lowest BCUT2D eigenvalue weighted by atomic mass is 10.2. The molecule has 4 N–H and O–H groups in total. The zero-order valence-electron chi connectivity index (χ0n) is 12.7. The highest BCUT2D eigenvalue weighted by atomic mass is 32.1. The molecule has 0 amide bonds. The molecular formula is C17H19N5S. The van der Waals surface area contributed by atoms with Crippen molar-refractivity contribution in [1.82, 2.24) is 15.3 Å². The van der Waals surface area contributed by atoms with Crippen LogP contribution in [0, 0.1) is 0 Å². The standard InChI is InChI=1S/C17H19N5S/c18-17(19-9-8-14-7-4-10-23-14)21-12-16-20-11-15(22-16)13-5-2-1-3-6-13/h1-7,10-11H,8-9,12H2,(H,20,22)(H3,18,19,21). The number of imidazole rings is 1. The molecule has 0 bridgehead atoms. The lowest BCUT2D eigenvalue weighted by molar-refractivity contribution is 0.848. The van der Waals surface area contributed by atoms with Crippen LogP contribution < -0.4 is 11.1 Å². The van der Waals surface area contributed by atoms with Crippen LogP contribution in [0.5, 0.6) is 0 Å². The van der Waals surface area contributed by atoms with E-state index >= 15 is 0 Å². The van der Waals surface area contributed by atoms with Crippen molar-refractivity contribution in [3.8, 4) is 11.3 Å². The van der Waals surface area contributed by atoms with Crippen molar-refractivity contribution in [3.05, 3.63) is 64.7 Å². The minimum absolute atomic E-state index is 0.435. The zero-order chi connectivity index (χ0) is 15.9. The number of aromatic nitrogens is 2. The Hall–Kier alpha value is -2.60. The van der Waals surface area contributed by atoms with Gasteiger partial charge in [-0.05, 0) is 23.4 Å². The minimum atomic E-state index is 0.435. The molecule has 0 aliphatic rings. The second-order valence-corrected chi connectivity index (χ2v) is 6.10. The van der Waals surface area contributed by atoms with Crippen LogP contribution in [-0.4, -0.2) is 22.5 Å². The third kappa shape index (κ3) is 4.43. The lowest BCUT2D eigenvalue weighted by Gasteiger charge is -2.03. The summed E-state index contributed by atoms with van der Waals surface area (Å²) in [4.78, 5) is 13.3. The normalized spacial score (nSPS) is 11.6. The van der Waals surface area contributed by atoms with Crippen LogP contribution in [0.3, 0.4) is 0 Å². The highest BCUT2D eigenvalue weighted by Gasteiger charge is 2.02. The fraction of sp³-hybridized carbons (Fsp3) is 0.176. The summed E-state index contributed by atoms with van der Waals surface area (Å²) in [5, 5.41) is 5.20. The van der Waals surface area contributed by atoms with Crippen molar-refractivity contribution in [3.63, 3.8) is 0 Å². The van der Waals surface area contributed by atoms with Gasteiger partial charge in [-0.3, -0.25) is 0 Å². The van der Waals surface area contributed by atoms with Crippen molar-refractivity contribution >= 4 is 17.3 Å². The number of benzene rings is 1. The SMILES string of the molecule is NC(=NCc1ncc(-c2ccccc2)[nH]1)NCCc1cccs1. The van der Waals surface area contributed by atoms with Gasteiger partial charge in [-0.25, -0.2) is 9.98 Å². The van der Waals surface area contributed by atoms with E-state index in [1.807, 2.05) is 36.5 Å². The predicted octanol–water partition coefficient (Wildman–Crippen LogP) is 2.79. The van der Waals surface area contributed by atoms with Gasteiger partial charge >= 0.3 is 0 Å². The Bertz CT molecular complexity index is 746. The van der Waals surface area contributed by atoms with Gasteiger partial charge in [0.25, 0.3) is 0 Å². The Labute approximate surface area is 139 Å². The molecule has 3 aromatic rings. The molecule has 0 aliphatic carbocycles. The van der Waals surface area contributed by atoms with Crippen molar-refractivity contribution in [1.29, 1.82) is 0 Å². The number of nitrogens with one attached hydrogen (secondary N) is 2. The number of aliphatic imine (C=N–C) groups is 1. The molecule has 5 nitrogen and oxygen atoms in total. The summed E-state index contributed by atoms with van der Waals surface area (Å²) in [6.45, 7) is 1.22. The van der Waals surface area contributed by atoms with Gasteiger partial charge in [0, 0.05) is 11.4 Å². The van der Waals surface area contributed by atoms with E-state index in [1.54, 1.807) is 11.3 Å². The summed E-state index contributed by atoms with van der Waals surface area (Å²) in [5.74, 6) is 1.24. The summed E-state index contributed by atoms with van der Waals surface area (Å²) >= 11 is 1.75. The number of rotatable bonds is 6. The Morgan fingerprint density at radius 1 is 1.22 bits per heavy atom. The predicted molar refractivity (Wildman–Crippen MR) is 95.4 cm³/mol. The molecule has 0 radical (unpaired) electrons. The molecule has 2 aromatic heterocycles. The summed E-state index contributed by atoms with van der Waals surface area (Å²) in [7, 11) is 0. The topological polar surface area (TPSA) is 79.1 Å². The summed E-state index contributed by atoms with van der Waals surface area (Å²) in [5.41, 5.74) is 7.97. The van der Waals surface area contributed by atoms with Crippen LogP contribution in [0.2, 0.25) is 0 Å². The van der Waals surface area contributed by atoms with Crippen LogP contribution in [0.4, 0.5) is 0 Å². The van der Waals surface area contributed by atoms with Gasteiger partial charge in [-0.1, -0.05) is 36.4 Å². The summed E-state index contributed by atoms with van der Waals surface area (Å²) in [6, 6.07) is 14.3. The lowest BCUT2D eigenvalue weighted by Crippen LogP contribution is -2.33. The van der Waals surface area contributed by atoms with Gasteiger partial charge in [0.05, 0.1) is 11.9 Å². The first-order valence-electron chi connectivity index (χ1n) is 7.47. The minimum Gasteiger partial charge on any atom is -0.370 e. The van der Waals surface area contributed by atoms with Gasteiger partial charge in [0.2, 0.25) is 0 Å². The van der Waals surface area contributed by atoms with Crippen LogP contribution in [0.15, 0.2) is 59.0 Å². The van der Waals surface area contributed by atoms with E-state index in [0.717, 1.165) is 30.0 Å². The second kappa shape index (κ2) is 7.60. The molecule has 0 unspecified atom stereocenters. The van der Waals surface area contributed by atoms with Crippen molar-refractivity contribution in [2.24, 2.45) is 10.7 Å². The van der Waals surface area contributed by atoms with E-state index < -0.39 is 0 Å². The van der Waals surface area contributed by atoms with E-state index in [4.69, 9.17) is 5.73 Å². The summed E-state index contributed by atoms with van der Waals surface area (Å²) in [6.07, 6.45) is 2.77. The Morgan fingerprint density at radius 3 is 2.87 bits per heavy atom. The Kier molecular flexibility index (Phi) is 5.06. The molecule has 0 aliphatic heterocycles. The number of nitrogens with two attached hydrogens (primary N) is 1. The molecule has 3 rings (SSSR count). The fourth-order valence-corrected chi connectivity index (χ4v) is 2.90. The maximum absolute atomic E-state index is 5.88. The highest BCUT2D eigenvalue weighted by Crippen LogP contribution is 2.16. The number of hydrogen-bond donors (Lipinski definition) is 3. The first kappa shape index (κ1) is 15.3. The van der Waals surface area contributed by atoms with Crippen molar-refractivity contribution in [2.45, 2.75) is 13.0 Å². The average molecular weight is 325 g/mol. The summed E-state index contributed by atoms with van der Waals surface area (Å²) < 4.78 is 0. The quantitative estimate of drug-likeness (QED) is 0.481. The maximum atomic E-state index is 5.88. The third-order valence-electron chi connectivity index (χ3n) is 3.37. The van der Waals surface area contributed by atoms with Crippen LogP contribution in [-0.2, 0) is 13.0 Å². The number of hydrogen-bond acceptors (Lipinski definition) is 3. The van der Waals surface area contributed by atoms with Crippen molar-refractivity contribution < 1.29 is 0 Å². The van der Waals surface area contributed by atoms with Crippen LogP contribution >= 0.6 is 11.3 Å². The largest absolute Gasteiger partial charge is 0.370 e. The van der Waals surface area contributed by atoms with Crippen LogP contribution in [0.1, 0.15) is 10.7 Å². The molecular weight excluding hydrogens is 306 g/mol. The zero-order valence-corrected chi connectivity index (χ0v) is 13.5. The maximum Gasteiger partial charge on any atom is 0.189 e. The molecule has 118 valence electrons. The molecule has 2 heterocycles. The molecule has 23 heavy (non-hydrogen) atoms. The van der Waals surface area contributed by atoms with Gasteiger partial charge in [0.1, 0.15) is 12.4 Å². The number of H-pyrrole nitrogens is 1. The Morgan fingerprint density at radius 2 is 2.09 bits per heavy atom. The first-order valence-corrected chi connectivity index (χ1v) is 8.35. The molecule has 0 fully saturated rings. The van der Waals surface area contributed by atoms with Gasteiger partial charge < -0.3 is 16.0 Å². The van der Waals surface area contributed by atoms with E-state index in [1.165, 1.54) is 4.88 Å². The van der Waals surface area contributed by atoms with E-state index in [9.17, 15) is 0 Å². The molecule has 1 aromatic carbocycles. The molecule has 6 heteroatoms. The highest BCUT2D eigenvalue weighted by molar-refractivity contribution is 7.09. The van der Waals surface area contributed by atoms with E-state index in [2.05, 4.69) is 37.8 Å². The first-order chi connectivity index (χ1) is 11.3. The molecule has 0 atom stereocenters. The Balaban J connectivity index is 1.50. The van der Waals surface area contributed by atoms with Crippen LogP contribution in [0.25, 0.3) is 11.3 Å². The average Bonchev–Trinajstić information content (AvgIpc) is 3.25. The number of nitrogens with zero attached hydrogens (tertiary/aromatic N) is 2. The number of aromatic amines is 1. The second-order valence-electron chi connectivity index (χ2n) is 5.07. The number of thiophene rings is 1. The monoisotopic (exact) mass is 325 g/mol. The van der Waals surface area contributed by atoms with Crippen molar-refractivity contribution in [2.75, 3.05) is 6.54 Å². The molecule has 0 saturated carbocycles. The number of guanidine groups is 1. The third-order valence-corrected chi connectivity index (χ3v) is 4.31. The van der Waals surface area contributed by atoms with Gasteiger partial charge in [0.15, 0.2) is 5.96 Å². The van der Waals surface area contributed by atoms with E-state index in [-0.39, 0.29) is 0 Å². The van der Waals surface area contributed by atoms with E-state index in [0.29, 0.717) is 12.5 Å². The smallest absolute Gasteiger partial charge is 0.189 e.